The Morgan fingerprint density at radius 1 is 1.19 bits per heavy atom. The van der Waals surface area contributed by atoms with Crippen LogP contribution < -0.4 is 5.73 Å². The zero-order valence-corrected chi connectivity index (χ0v) is 13.2. The van der Waals surface area contributed by atoms with E-state index in [4.69, 9.17) is 17.3 Å². The van der Waals surface area contributed by atoms with Crippen molar-refractivity contribution in [3.05, 3.63) is 34.6 Å². The molecule has 3 rings (SSSR count). The molecule has 2 N–H and O–H groups in total. The molecule has 0 spiro atoms. The van der Waals surface area contributed by atoms with Gasteiger partial charge in [0, 0.05) is 23.7 Å². The number of nitrogens with zero attached hydrogens (tertiary/aromatic N) is 1. The molecule has 0 aromatic heterocycles. The number of nitrogens with two attached hydrogens (primary N) is 1. The minimum atomic E-state index is -0.270. The van der Waals surface area contributed by atoms with Crippen LogP contribution in [0.25, 0.3) is 0 Å². The highest BCUT2D eigenvalue weighted by Gasteiger charge is 2.36. The molecular weight excluding hydrogens is 287 g/mol. The number of rotatable bonds is 3. The Morgan fingerprint density at radius 3 is 2.71 bits per heavy atom. The van der Waals surface area contributed by atoms with Gasteiger partial charge in [0.15, 0.2) is 0 Å². The van der Waals surface area contributed by atoms with Crippen molar-refractivity contribution in [2.45, 2.75) is 50.6 Å². The normalized spacial score (nSPS) is 28.1. The van der Waals surface area contributed by atoms with Crippen molar-refractivity contribution in [1.82, 2.24) is 4.90 Å². The van der Waals surface area contributed by atoms with Crippen LogP contribution in [0.2, 0.25) is 5.02 Å². The van der Waals surface area contributed by atoms with E-state index in [1.807, 2.05) is 6.07 Å². The maximum Gasteiger partial charge on any atom is 0.125 e. The zero-order valence-electron chi connectivity index (χ0n) is 12.4. The fourth-order valence-corrected chi connectivity index (χ4v) is 4.51. The Morgan fingerprint density at radius 2 is 1.95 bits per heavy atom. The summed E-state index contributed by atoms with van der Waals surface area (Å²) in [6.45, 7) is 1.58. The van der Waals surface area contributed by atoms with Gasteiger partial charge in [-0.1, -0.05) is 24.4 Å². The number of benzene rings is 1. The molecule has 116 valence electrons. The van der Waals surface area contributed by atoms with Gasteiger partial charge >= 0.3 is 0 Å². The lowest BCUT2D eigenvalue weighted by Gasteiger charge is -2.47. The summed E-state index contributed by atoms with van der Waals surface area (Å²) in [6.07, 6.45) is 7.81. The molecule has 1 unspecified atom stereocenters. The molecule has 2 fully saturated rings. The third kappa shape index (κ3) is 3.25. The summed E-state index contributed by atoms with van der Waals surface area (Å²) >= 11 is 6.03. The number of halogens is 2. The molecule has 0 bridgehead atoms. The van der Waals surface area contributed by atoms with E-state index in [0.29, 0.717) is 17.6 Å². The van der Waals surface area contributed by atoms with Crippen molar-refractivity contribution >= 4 is 11.6 Å². The van der Waals surface area contributed by atoms with Gasteiger partial charge in [0.2, 0.25) is 0 Å². The van der Waals surface area contributed by atoms with E-state index in [-0.39, 0.29) is 11.9 Å². The lowest BCUT2D eigenvalue weighted by Crippen LogP contribution is -2.50. The summed E-state index contributed by atoms with van der Waals surface area (Å²) in [4.78, 5) is 2.53. The van der Waals surface area contributed by atoms with Crippen molar-refractivity contribution in [2.75, 3.05) is 13.1 Å². The van der Waals surface area contributed by atoms with Gasteiger partial charge in [-0.05, 0) is 61.9 Å². The van der Waals surface area contributed by atoms with Crippen LogP contribution in [0.15, 0.2) is 18.2 Å². The molecule has 1 saturated heterocycles. The molecular formula is C17H24ClFN2. The zero-order chi connectivity index (χ0) is 14.8. The van der Waals surface area contributed by atoms with E-state index in [1.54, 1.807) is 6.07 Å². The first kappa shape index (κ1) is 15.3. The second kappa shape index (κ2) is 6.64. The average molecular weight is 311 g/mol. The smallest absolute Gasteiger partial charge is 0.125 e. The van der Waals surface area contributed by atoms with Crippen LogP contribution in [-0.2, 0) is 0 Å². The van der Waals surface area contributed by atoms with Gasteiger partial charge in [-0.3, -0.25) is 4.90 Å². The van der Waals surface area contributed by atoms with Gasteiger partial charge in [0.25, 0.3) is 0 Å². The maximum atomic E-state index is 13.7. The van der Waals surface area contributed by atoms with E-state index < -0.39 is 0 Å². The Bertz CT molecular complexity index is 471. The Labute approximate surface area is 131 Å². The van der Waals surface area contributed by atoms with Gasteiger partial charge in [-0.25, -0.2) is 4.39 Å². The molecule has 3 atom stereocenters. The Balaban J connectivity index is 1.87. The van der Waals surface area contributed by atoms with E-state index in [0.717, 1.165) is 18.0 Å². The summed E-state index contributed by atoms with van der Waals surface area (Å²) in [5.74, 6) is 0.527. The van der Waals surface area contributed by atoms with Crippen LogP contribution in [0, 0.1) is 11.7 Å². The second-order valence-corrected chi connectivity index (χ2v) is 6.88. The van der Waals surface area contributed by atoms with Crippen molar-refractivity contribution in [3.8, 4) is 0 Å². The molecule has 1 heterocycles. The second-order valence-electron chi connectivity index (χ2n) is 6.45. The lowest BCUT2D eigenvalue weighted by atomic mass is 9.77. The number of hydrogen-bond acceptors (Lipinski definition) is 2. The fraction of sp³-hybridized carbons (Fsp3) is 0.647. The molecule has 0 amide bonds. The number of hydrogen-bond donors (Lipinski definition) is 1. The summed E-state index contributed by atoms with van der Waals surface area (Å²) < 4.78 is 13.7. The lowest BCUT2D eigenvalue weighted by molar-refractivity contribution is 0.0275. The highest BCUT2D eigenvalue weighted by molar-refractivity contribution is 6.30. The molecule has 1 saturated carbocycles. The van der Waals surface area contributed by atoms with E-state index in [1.165, 1.54) is 44.6 Å². The standard InChI is InChI=1S/C17H24ClFN2/c18-14-8-13(9-15(19)10-14)17(11-20)21-7-3-5-12-4-1-2-6-16(12)21/h8-10,12,16-17H,1-7,11,20H2/t12-,16-,17?/m1/s1. The third-order valence-corrected chi connectivity index (χ3v) is 5.40. The fourth-order valence-electron chi connectivity index (χ4n) is 4.28. The molecule has 1 aliphatic carbocycles. The van der Waals surface area contributed by atoms with Crippen molar-refractivity contribution < 1.29 is 4.39 Å². The number of likely N-dealkylation sites (tertiary alicyclic amines) is 1. The van der Waals surface area contributed by atoms with E-state index in [2.05, 4.69) is 4.90 Å². The van der Waals surface area contributed by atoms with Gasteiger partial charge < -0.3 is 5.73 Å². The SMILES string of the molecule is NCC(c1cc(F)cc(Cl)c1)N1CCC[C@H]2CCCC[C@H]21. The minimum absolute atomic E-state index is 0.0871. The first-order chi connectivity index (χ1) is 10.2. The summed E-state index contributed by atoms with van der Waals surface area (Å²) in [5, 5.41) is 0.459. The minimum Gasteiger partial charge on any atom is -0.329 e. The molecule has 0 radical (unpaired) electrons. The van der Waals surface area contributed by atoms with E-state index >= 15 is 0 Å². The monoisotopic (exact) mass is 310 g/mol. The summed E-state index contributed by atoms with van der Waals surface area (Å²) in [6, 6.07) is 5.52. The molecule has 2 aliphatic rings. The third-order valence-electron chi connectivity index (χ3n) is 5.18. The maximum absolute atomic E-state index is 13.7. The molecule has 21 heavy (non-hydrogen) atoms. The van der Waals surface area contributed by atoms with Gasteiger partial charge in [-0.15, -0.1) is 0 Å². The largest absolute Gasteiger partial charge is 0.329 e. The van der Waals surface area contributed by atoms with Crippen LogP contribution >= 0.6 is 11.6 Å². The Hall–Kier alpha value is -0.640. The predicted molar refractivity (Wildman–Crippen MR) is 84.9 cm³/mol. The first-order valence-electron chi connectivity index (χ1n) is 8.11. The van der Waals surface area contributed by atoms with Crippen molar-refractivity contribution in [1.29, 1.82) is 0 Å². The predicted octanol–water partition coefficient (Wildman–Crippen LogP) is 4.13. The van der Waals surface area contributed by atoms with Crippen LogP contribution in [0.3, 0.4) is 0 Å². The highest BCUT2D eigenvalue weighted by Crippen LogP contribution is 2.39. The van der Waals surface area contributed by atoms with Crippen LogP contribution in [0.5, 0.6) is 0 Å². The molecule has 4 heteroatoms. The topological polar surface area (TPSA) is 29.3 Å². The van der Waals surface area contributed by atoms with Gasteiger partial charge in [0.1, 0.15) is 5.82 Å². The first-order valence-corrected chi connectivity index (χ1v) is 8.48. The highest BCUT2D eigenvalue weighted by atomic mass is 35.5. The van der Waals surface area contributed by atoms with Crippen LogP contribution in [0.1, 0.15) is 50.1 Å². The number of piperidine rings is 1. The molecule has 1 aromatic carbocycles. The van der Waals surface area contributed by atoms with Crippen LogP contribution in [-0.4, -0.2) is 24.0 Å². The van der Waals surface area contributed by atoms with Crippen molar-refractivity contribution in [3.63, 3.8) is 0 Å². The number of fused-ring (bicyclic) bond motifs is 1. The van der Waals surface area contributed by atoms with E-state index in [9.17, 15) is 4.39 Å². The Kier molecular flexibility index (Phi) is 4.82. The molecule has 1 aromatic rings. The quantitative estimate of drug-likeness (QED) is 0.909. The van der Waals surface area contributed by atoms with Crippen LogP contribution in [0.4, 0.5) is 4.39 Å². The molecule has 2 nitrogen and oxygen atoms in total. The van der Waals surface area contributed by atoms with Gasteiger partial charge in [0.05, 0.1) is 0 Å². The molecule has 1 aliphatic heterocycles. The summed E-state index contributed by atoms with van der Waals surface area (Å²) in [7, 11) is 0. The summed E-state index contributed by atoms with van der Waals surface area (Å²) in [5.41, 5.74) is 6.98. The van der Waals surface area contributed by atoms with Gasteiger partial charge in [-0.2, -0.15) is 0 Å². The average Bonchev–Trinajstić information content (AvgIpc) is 2.47. The van der Waals surface area contributed by atoms with Crippen molar-refractivity contribution in [2.24, 2.45) is 11.7 Å².